The Balaban J connectivity index is 1.56. The Kier molecular flexibility index (Phi) is 3.89. The van der Waals surface area contributed by atoms with Crippen LogP contribution >= 0.6 is 23.2 Å². The highest BCUT2D eigenvalue weighted by Gasteiger charge is 2.39. The van der Waals surface area contributed by atoms with E-state index in [2.05, 4.69) is 29.6 Å². The molecule has 2 aromatic rings. The predicted octanol–water partition coefficient (Wildman–Crippen LogP) is 4.85. The summed E-state index contributed by atoms with van der Waals surface area (Å²) in [5.74, 6) is 1.35. The van der Waals surface area contributed by atoms with Crippen molar-refractivity contribution in [3.63, 3.8) is 0 Å². The van der Waals surface area contributed by atoms with Crippen molar-refractivity contribution < 1.29 is 0 Å². The maximum atomic E-state index is 6.14. The fourth-order valence-electron chi connectivity index (χ4n) is 4.22. The van der Waals surface area contributed by atoms with E-state index in [0.29, 0.717) is 17.9 Å². The van der Waals surface area contributed by atoms with E-state index in [-0.39, 0.29) is 0 Å². The molecule has 2 aromatic carbocycles. The van der Waals surface area contributed by atoms with Crippen LogP contribution in [0.2, 0.25) is 10.0 Å². The number of rotatable bonds is 2. The monoisotopic (exact) mass is 331 g/mol. The lowest BCUT2D eigenvalue weighted by Gasteiger charge is -2.31. The number of benzene rings is 2. The Bertz CT molecular complexity index is 698. The first-order valence-corrected chi connectivity index (χ1v) is 8.72. The summed E-state index contributed by atoms with van der Waals surface area (Å²) in [6.07, 6.45) is 3.45. The summed E-state index contributed by atoms with van der Waals surface area (Å²) >= 11 is 12.3. The number of halogens is 2. The first-order valence-electron chi connectivity index (χ1n) is 7.97. The fourth-order valence-corrected chi connectivity index (χ4v) is 4.63. The van der Waals surface area contributed by atoms with Gasteiger partial charge in [0.2, 0.25) is 0 Å². The second-order valence-corrected chi connectivity index (χ2v) is 7.37. The maximum Gasteiger partial charge on any atom is 0.0408 e. The zero-order valence-electron chi connectivity index (χ0n) is 12.4. The lowest BCUT2D eigenvalue weighted by atomic mass is 9.74. The normalized spacial score (nSPS) is 26.5. The van der Waals surface area contributed by atoms with Gasteiger partial charge in [0, 0.05) is 28.5 Å². The average Bonchev–Trinajstić information content (AvgIpc) is 2.90. The van der Waals surface area contributed by atoms with Gasteiger partial charge in [0.1, 0.15) is 0 Å². The highest BCUT2D eigenvalue weighted by atomic mass is 35.5. The van der Waals surface area contributed by atoms with Crippen LogP contribution in [0.25, 0.3) is 0 Å². The second-order valence-electron chi connectivity index (χ2n) is 6.50. The third kappa shape index (κ3) is 2.67. The summed E-state index contributed by atoms with van der Waals surface area (Å²) in [4.78, 5) is 0. The zero-order valence-corrected chi connectivity index (χ0v) is 13.9. The van der Waals surface area contributed by atoms with Gasteiger partial charge >= 0.3 is 0 Å². The van der Waals surface area contributed by atoms with E-state index in [0.717, 1.165) is 29.4 Å². The molecule has 1 fully saturated rings. The first kappa shape index (κ1) is 14.6. The van der Waals surface area contributed by atoms with Gasteiger partial charge in [-0.1, -0.05) is 41.4 Å². The summed E-state index contributed by atoms with van der Waals surface area (Å²) < 4.78 is 0. The molecule has 0 amide bonds. The molecule has 0 spiro atoms. The number of hydrogen-bond donors (Lipinski definition) is 1. The Morgan fingerprint density at radius 3 is 2.77 bits per heavy atom. The van der Waals surface area contributed by atoms with Crippen LogP contribution in [-0.2, 0) is 12.8 Å². The van der Waals surface area contributed by atoms with Crippen LogP contribution in [0.15, 0.2) is 42.5 Å². The molecule has 3 unspecified atom stereocenters. The summed E-state index contributed by atoms with van der Waals surface area (Å²) in [6.45, 7) is 1.07. The Labute approximate surface area is 141 Å². The van der Waals surface area contributed by atoms with Crippen molar-refractivity contribution in [3.05, 3.63) is 69.2 Å². The van der Waals surface area contributed by atoms with E-state index in [1.165, 1.54) is 23.1 Å². The molecular formula is C19H19Cl2N. The highest BCUT2D eigenvalue weighted by molar-refractivity contribution is 6.30. The molecule has 2 aliphatic rings. The Morgan fingerprint density at radius 1 is 1.05 bits per heavy atom. The van der Waals surface area contributed by atoms with Crippen molar-refractivity contribution in [2.75, 3.05) is 6.54 Å². The highest BCUT2D eigenvalue weighted by Crippen LogP contribution is 2.42. The van der Waals surface area contributed by atoms with Gasteiger partial charge in [-0.05, 0) is 66.1 Å². The van der Waals surface area contributed by atoms with Gasteiger partial charge in [-0.25, -0.2) is 0 Å². The molecule has 22 heavy (non-hydrogen) atoms. The Hall–Kier alpha value is -1.02. The van der Waals surface area contributed by atoms with Crippen molar-refractivity contribution in [3.8, 4) is 0 Å². The molecule has 1 aliphatic heterocycles. The summed E-state index contributed by atoms with van der Waals surface area (Å²) in [5.41, 5.74) is 4.27. The fraction of sp³-hybridized carbons (Fsp3) is 0.368. The molecule has 0 bridgehead atoms. The molecule has 4 rings (SSSR count). The summed E-state index contributed by atoms with van der Waals surface area (Å²) in [6, 6.07) is 15.2. The van der Waals surface area contributed by atoms with Crippen molar-refractivity contribution >= 4 is 23.2 Å². The molecule has 1 nitrogen and oxygen atoms in total. The van der Waals surface area contributed by atoms with Crippen LogP contribution in [0, 0.1) is 5.92 Å². The zero-order chi connectivity index (χ0) is 15.1. The number of fused-ring (bicyclic) bond motifs is 3. The van der Waals surface area contributed by atoms with Gasteiger partial charge < -0.3 is 5.32 Å². The SMILES string of the molecule is Clc1cccc(CC2NCC3c4ccc(Cl)cc4CCC23)c1. The van der Waals surface area contributed by atoms with Crippen LogP contribution in [-0.4, -0.2) is 12.6 Å². The lowest BCUT2D eigenvalue weighted by Crippen LogP contribution is -2.31. The number of nitrogens with one attached hydrogen (secondary N) is 1. The van der Waals surface area contributed by atoms with Gasteiger partial charge in [-0.15, -0.1) is 0 Å². The molecule has 114 valence electrons. The smallest absolute Gasteiger partial charge is 0.0408 e. The van der Waals surface area contributed by atoms with Crippen molar-refractivity contribution in [1.29, 1.82) is 0 Å². The first-order chi connectivity index (χ1) is 10.7. The van der Waals surface area contributed by atoms with Crippen molar-refractivity contribution in [2.45, 2.75) is 31.2 Å². The van der Waals surface area contributed by atoms with Gasteiger partial charge in [-0.2, -0.15) is 0 Å². The molecule has 3 heteroatoms. The molecule has 1 aliphatic carbocycles. The lowest BCUT2D eigenvalue weighted by molar-refractivity contribution is 0.373. The standard InChI is InChI=1S/C19H19Cl2N/c20-14-3-1-2-12(8-14)9-19-17-6-4-13-10-15(21)5-7-16(13)18(17)11-22-19/h1-3,5,7-8,10,17-19,22H,4,6,9,11H2. The van der Waals surface area contributed by atoms with Crippen LogP contribution < -0.4 is 5.32 Å². The van der Waals surface area contributed by atoms with Crippen LogP contribution in [0.1, 0.15) is 29.0 Å². The molecule has 0 radical (unpaired) electrons. The van der Waals surface area contributed by atoms with E-state index in [4.69, 9.17) is 23.2 Å². The molecule has 1 N–H and O–H groups in total. The number of hydrogen-bond acceptors (Lipinski definition) is 1. The Morgan fingerprint density at radius 2 is 1.91 bits per heavy atom. The summed E-state index contributed by atoms with van der Waals surface area (Å²) in [5, 5.41) is 5.44. The van der Waals surface area contributed by atoms with E-state index < -0.39 is 0 Å². The van der Waals surface area contributed by atoms with E-state index in [1.807, 2.05) is 18.2 Å². The van der Waals surface area contributed by atoms with Crippen molar-refractivity contribution in [2.24, 2.45) is 5.92 Å². The topological polar surface area (TPSA) is 12.0 Å². The minimum atomic E-state index is 0.548. The predicted molar refractivity (Wildman–Crippen MR) is 93.0 cm³/mol. The van der Waals surface area contributed by atoms with Gasteiger partial charge in [-0.3, -0.25) is 0 Å². The van der Waals surface area contributed by atoms with Gasteiger partial charge in [0.15, 0.2) is 0 Å². The summed E-state index contributed by atoms with van der Waals surface area (Å²) in [7, 11) is 0. The van der Waals surface area contributed by atoms with E-state index in [9.17, 15) is 0 Å². The largest absolute Gasteiger partial charge is 0.313 e. The number of aryl methyl sites for hydroxylation is 1. The molecule has 0 saturated carbocycles. The maximum absolute atomic E-state index is 6.14. The second kappa shape index (κ2) is 5.88. The molecule has 0 aromatic heterocycles. The van der Waals surface area contributed by atoms with E-state index >= 15 is 0 Å². The van der Waals surface area contributed by atoms with E-state index in [1.54, 1.807) is 0 Å². The van der Waals surface area contributed by atoms with Gasteiger partial charge in [0.25, 0.3) is 0 Å². The minimum Gasteiger partial charge on any atom is -0.313 e. The quantitative estimate of drug-likeness (QED) is 0.829. The molecule has 3 atom stereocenters. The molecule has 1 saturated heterocycles. The van der Waals surface area contributed by atoms with Crippen LogP contribution in [0.3, 0.4) is 0 Å². The third-order valence-electron chi connectivity index (χ3n) is 5.23. The van der Waals surface area contributed by atoms with Crippen molar-refractivity contribution in [1.82, 2.24) is 5.32 Å². The van der Waals surface area contributed by atoms with Gasteiger partial charge in [0.05, 0.1) is 0 Å². The van der Waals surface area contributed by atoms with Crippen LogP contribution in [0.4, 0.5) is 0 Å². The molecule has 1 heterocycles. The third-order valence-corrected chi connectivity index (χ3v) is 5.70. The minimum absolute atomic E-state index is 0.548. The van der Waals surface area contributed by atoms with Crippen LogP contribution in [0.5, 0.6) is 0 Å². The molecular weight excluding hydrogens is 313 g/mol. The average molecular weight is 332 g/mol.